The number of ether oxygens (including phenoxy) is 3. The van der Waals surface area contributed by atoms with Crippen LogP contribution in [-0.4, -0.2) is 58.9 Å². The van der Waals surface area contributed by atoms with Crippen LogP contribution in [-0.2, 0) is 23.8 Å². The highest BCUT2D eigenvalue weighted by Gasteiger charge is 2.79. The van der Waals surface area contributed by atoms with Crippen LogP contribution < -0.4 is 0 Å². The van der Waals surface area contributed by atoms with E-state index in [0.717, 1.165) is 0 Å². The van der Waals surface area contributed by atoms with Gasteiger partial charge in [0.15, 0.2) is 17.2 Å². The summed E-state index contributed by atoms with van der Waals surface area (Å²) < 4.78 is 51.3. The third-order valence-electron chi connectivity index (χ3n) is 10.4. The lowest BCUT2D eigenvalue weighted by Crippen LogP contribution is -2.70. The first kappa shape index (κ1) is 23.7. The molecular weight excluding hydrogens is 458 g/mol. The summed E-state index contributed by atoms with van der Waals surface area (Å²) in [6, 6.07) is 0. The van der Waals surface area contributed by atoms with E-state index in [2.05, 4.69) is 0 Å². The summed E-state index contributed by atoms with van der Waals surface area (Å²) in [5.74, 6) is -3.04. The van der Waals surface area contributed by atoms with Crippen LogP contribution >= 0.6 is 0 Å². The van der Waals surface area contributed by atoms with Crippen molar-refractivity contribution in [1.82, 2.24) is 0 Å². The maximum atomic E-state index is 17.4. The van der Waals surface area contributed by atoms with Crippen molar-refractivity contribution in [3.63, 3.8) is 0 Å². The number of rotatable bonds is 2. The molecule has 0 amide bonds. The molecule has 10 atom stereocenters. The van der Waals surface area contributed by atoms with Gasteiger partial charge in [0, 0.05) is 16.7 Å². The fourth-order valence-corrected chi connectivity index (χ4v) is 8.89. The van der Waals surface area contributed by atoms with Crippen LogP contribution in [0.2, 0.25) is 0 Å². The zero-order valence-electron chi connectivity index (χ0n) is 20.7. The van der Waals surface area contributed by atoms with E-state index < -0.39 is 52.2 Å². The minimum absolute atomic E-state index is 0.0873. The van der Waals surface area contributed by atoms with Gasteiger partial charge in [-0.2, -0.15) is 0 Å². The second-order valence-corrected chi connectivity index (χ2v) is 12.5. The predicted molar refractivity (Wildman–Crippen MR) is 120 cm³/mol. The van der Waals surface area contributed by atoms with Crippen molar-refractivity contribution in [1.29, 1.82) is 0 Å². The normalized spacial score (nSPS) is 54.0. The van der Waals surface area contributed by atoms with Crippen molar-refractivity contribution >= 4 is 11.8 Å². The molecule has 0 spiro atoms. The van der Waals surface area contributed by atoms with Crippen molar-refractivity contribution in [2.45, 2.75) is 95.2 Å². The van der Waals surface area contributed by atoms with Crippen LogP contribution in [0.25, 0.3) is 0 Å². The van der Waals surface area contributed by atoms with E-state index in [4.69, 9.17) is 14.2 Å². The summed E-state index contributed by atoms with van der Waals surface area (Å²) in [6.07, 6.45) is 1.98. The molecule has 1 N–H and O–H groups in total. The van der Waals surface area contributed by atoms with Gasteiger partial charge in [-0.3, -0.25) is 9.59 Å². The van der Waals surface area contributed by atoms with Gasteiger partial charge in [0.25, 0.3) is 0 Å². The molecule has 0 aromatic heterocycles. The Morgan fingerprint density at radius 1 is 1.14 bits per heavy atom. The molecule has 2 saturated heterocycles. The Bertz CT molecular complexity index is 1050. The van der Waals surface area contributed by atoms with Crippen molar-refractivity contribution in [2.75, 3.05) is 6.61 Å². The smallest absolute Gasteiger partial charge is 0.309 e. The Morgan fingerprint density at radius 3 is 2.57 bits per heavy atom. The number of fused-ring (bicyclic) bond motifs is 7. The molecule has 0 aromatic carbocycles. The van der Waals surface area contributed by atoms with Gasteiger partial charge in [-0.15, -0.1) is 0 Å². The predicted octanol–water partition coefficient (Wildman–Crippen LogP) is 3.76. The number of carbonyl (C=O) groups excluding carboxylic acids is 2. The summed E-state index contributed by atoms with van der Waals surface area (Å²) in [7, 11) is 0. The molecule has 0 bridgehead atoms. The molecular formula is C27H34F2O6. The molecule has 1 unspecified atom stereocenters. The van der Waals surface area contributed by atoms with E-state index in [0.29, 0.717) is 25.9 Å². The molecule has 5 fully saturated rings. The van der Waals surface area contributed by atoms with Crippen molar-refractivity contribution in [3.8, 4) is 0 Å². The van der Waals surface area contributed by atoms with Gasteiger partial charge in [0.2, 0.25) is 0 Å². The molecule has 8 heteroatoms. The van der Waals surface area contributed by atoms with E-state index in [-0.39, 0.29) is 42.0 Å². The second kappa shape index (κ2) is 7.01. The number of ketones is 1. The number of cyclic esters (lactones) is 1. The summed E-state index contributed by atoms with van der Waals surface area (Å²) in [6.45, 7) is 7.61. The molecule has 0 radical (unpaired) electrons. The van der Waals surface area contributed by atoms with E-state index in [1.54, 1.807) is 6.92 Å². The molecule has 35 heavy (non-hydrogen) atoms. The van der Waals surface area contributed by atoms with Gasteiger partial charge in [-0.05, 0) is 76.5 Å². The van der Waals surface area contributed by atoms with Crippen LogP contribution in [0.4, 0.5) is 8.78 Å². The Labute approximate surface area is 204 Å². The van der Waals surface area contributed by atoms with E-state index in [1.165, 1.54) is 18.2 Å². The zero-order valence-corrected chi connectivity index (χ0v) is 20.7. The van der Waals surface area contributed by atoms with Gasteiger partial charge in [-0.25, -0.2) is 8.78 Å². The molecule has 6 nitrogen and oxygen atoms in total. The number of aliphatic hydroxyl groups is 1. The number of carbonyl (C=O) groups is 2. The molecule has 2 heterocycles. The van der Waals surface area contributed by atoms with Gasteiger partial charge in [0.1, 0.15) is 11.8 Å². The fourth-order valence-electron chi connectivity index (χ4n) is 8.89. The monoisotopic (exact) mass is 492 g/mol. The molecule has 6 aliphatic rings. The lowest BCUT2D eigenvalue weighted by Gasteiger charge is -2.63. The molecule has 3 saturated carbocycles. The Hall–Kier alpha value is -1.64. The molecule has 4 aliphatic carbocycles. The van der Waals surface area contributed by atoms with Gasteiger partial charge >= 0.3 is 5.97 Å². The molecule has 192 valence electrons. The minimum Gasteiger partial charge on any atom is -0.465 e. The average Bonchev–Trinajstić information content (AvgIpc) is 3.35. The number of hydrogen-bond donors (Lipinski definition) is 1. The Morgan fingerprint density at radius 2 is 1.89 bits per heavy atom. The highest BCUT2D eigenvalue weighted by atomic mass is 19.1. The maximum absolute atomic E-state index is 17.4. The van der Waals surface area contributed by atoms with Crippen molar-refractivity contribution in [3.05, 3.63) is 23.8 Å². The molecule has 6 rings (SSSR count). The summed E-state index contributed by atoms with van der Waals surface area (Å²) >= 11 is 0. The zero-order chi connectivity index (χ0) is 25.2. The Kier molecular flexibility index (Phi) is 4.76. The highest BCUT2D eigenvalue weighted by molar-refractivity contribution is 6.01. The first-order valence-electron chi connectivity index (χ1n) is 12.8. The number of halogens is 2. The fraction of sp³-hybridized carbons (Fsp3) is 0.778. The third-order valence-corrected chi connectivity index (χ3v) is 10.4. The largest absolute Gasteiger partial charge is 0.465 e. The average molecular weight is 493 g/mol. The second-order valence-electron chi connectivity index (χ2n) is 12.5. The van der Waals surface area contributed by atoms with E-state index in [9.17, 15) is 14.7 Å². The summed E-state index contributed by atoms with van der Waals surface area (Å²) in [5.41, 5.74) is -5.14. The van der Waals surface area contributed by atoms with Crippen LogP contribution in [0.5, 0.6) is 0 Å². The summed E-state index contributed by atoms with van der Waals surface area (Å²) in [5, 5.41) is 11.6. The topological polar surface area (TPSA) is 82.1 Å². The van der Waals surface area contributed by atoms with Gasteiger partial charge < -0.3 is 19.3 Å². The Balaban J connectivity index is 1.45. The standard InChI is InChI=1S/C27H34F2O6/c1-23(2)34-21-11-16-17-10-19(28)18-9-15(30)5-7-24(18,3)27(17,29)20(31)13-25(16,4)26(21,35-23)12-14-6-8-33-22(14)32/h5,7,9,14,16-17,19-21,31H,6,8,10-13H2,1-4H3/t14?,16-,17-,19-,20-,21+,24-,25-,26+,27-/m0/s1. The number of hydrogen-bond acceptors (Lipinski definition) is 6. The van der Waals surface area contributed by atoms with Crippen molar-refractivity contribution in [2.24, 2.45) is 28.6 Å². The number of alkyl halides is 2. The maximum Gasteiger partial charge on any atom is 0.309 e. The number of allylic oxidation sites excluding steroid dienone is 4. The van der Waals surface area contributed by atoms with Gasteiger partial charge in [-0.1, -0.05) is 13.0 Å². The van der Waals surface area contributed by atoms with E-state index >= 15 is 8.78 Å². The molecule has 2 aliphatic heterocycles. The quantitative estimate of drug-likeness (QED) is 0.592. The van der Waals surface area contributed by atoms with Crippen LogP contribution in [0.15, 0.2) is 23.8 Å². The SMILES string of the molecule is CC1(C)O[C@@H]2C[C@H]3[C@@H]4C[C@H](F)C5=CC(=O)C=C[C@]5(C)[C@@]4(F)[C@@H](O)C[C@]3(C)[C@]2(CC2CCOC2=O)O1. The first-order chi connectivity index (χ1) is 16.3. The van der Waals surface area contributed by atoms with E-state index in [1.807, 2.05) is 20.8 Å². The summed E-state index contributed by atoms with van der Waals surface area (Å²) in [4.78, 5) is 24.5. The molecule has 0 aromatic rings. The highest BCUT2D eigenvalue weighted by Crippen LogP contribution is 2.73. The van der Waals surface area contributed by atoms with Gasteiger partial charge in [0.05, 0.1) is 24.7 Å². The minimum atomic E-state index is -2.15. The lowest BCUT2D eigenvalue weighted by molar-refractivity contribution is -0.255. The van der Waals surface area contributed by atoms with Crippen molar-refractivity contribution < 1.29 is 37.7 Å². The number of aliphatic hydroxyl groups excluding tert-OH is 1. The number of esters is 1. The first-order valence-corrected chi connectivity index (χ1v) is 12.8. The van der Waals surface area contributed by atoms with Crippen LogP contribution in [0, 0.1) is 28.6 Å². The third kappa shape index (κ3) is 2.79. The van der Waals surface area contributed by atoms with Crippen LogP contribution in [0.1, 0.15) is 59.8 Å². The van der Waals surface area contributed by atoms with Crippen LogP contribution in [0.3, 0.4) is 0 Å². The lowest BCUT2D eigenvalue weighted by atomic mass is 9.44.